The SMILES string of the molecule is N=C(N)Nc1cccc(C(=Cc2cccc(NC=O)c2Cl)C(=O)O)c1. The number of carbonyl (C=O) groups is 2. The standard InChI is InChI=1S/C17H15ClN4O3/c18-15-11(4-2-6-14(15)21-9-23)8-13(16(24)25)10-3-1-5-12(7-10)22-17(19)20/h1-9H,(H,21,23)(H,24,25)(H4,19,20,22). The number of carbonyl (C=O) groups excluding carboxylic acids is 1. The van der Waals surface area contributed by atoms with E-state index in [9.17, 15) is 14.7 Å². The van der Waals surface area contributed by atoms with Crippen molar-refractivity contribution >= 4 is 53.0 Å². The zero-order chi connectivity index (χ0) is 18.4. The van der Waals surface area contributed by atoms with Gasteiger partial charge in [-0.3, -0.25) is 10.2 Å². The zero-order valence-corrected chi connectivity index (χ0v) is 13.7. The van der Waals surface area contributed by atoms with E-state index >= 15 is 0 Å². The first-order valence-corrected chi connectivity index (χ1v) is 7.45. The summed E-state index contributed by atoms with van der Waals surface area (Å²) in [5, 5.41) is 22.1. The van der Waals surface area contributed by atoms with Crippen LogP contribution in [0.25, 0.3) is 11.6 Å². The summed E-state index contributed by atoms with van der Waals surface area (Å²) in [5.74, 6) is -1.40. The molecule has 1 amide bonds. The van der Waals surface area contributed by atoms with Crippen molar-refractivity contribution in [2.24, 2.45) is 5.73 Å². The van der Waals surface area contributed by atoms with Crippen molar-refractivity contribution in [3.63, 3.8) is 0 Å². The fourth-order valence-corrected chi connectivity index (χ4v) is 2.42. The second kappa shape index (κ2) is 7.98. The molecule has 0 aliphatic heterocycles. The van der Waals surface area contributed by atoms with Gasteiger partial charge in [0, 0.05) is 5.69 Å². The molecule has 0 saturated heterocycles. The molecule has 0 spiro atoms. The Morgan fingerprint density at radius 3 is 2.60 bits per heavy atom. The average Bonchev–Trinajstić information content (AvgIpc) is 2.55. The first kappa shape index (κ1) is 18.0. The van der Waals surface area contributed by atoms with Crippen molar-refractivity contribution in [2.45, 2.75) is 0 Å². The smallest absolute Gasteiger partial charge is 0.336 e. The summed E-state index contributed by atoms with van der Waals surface area (Å²) in [7, 11) is 0. The first-order valence-electron chi connectivity index (χ1n) is 7.07. The van der Waals surface area contributed by atoms with Crippen LogP contribution in [0.2, 0.25) is 5.02 Å². The minimum absolute atomic E-state index is 0.00245. The lowest BCUT2D eigenvalue weighted by molar-refractivity contribution is -0.130. The number of carboxylic acid groups (broad SMARTS) is 1. The third-order valence-electron chi connectivity index (χ3n) is 3.23. The third-order valence-corrected chi connectivity index (χ3v) is 3.65. The van der Waals surface area contributed by atoms with Crippen LogP contribution in [0.1, 0.15) is 11.1 Å². The number of anilines is 2. The molecule has 8 heteroatoms. The number of amides is 1. The summed E-state index contributed by atoms with van der Waals surface area (Å²) in [6.45, 7) is 0. The van der Waals surface area contributed by atoms with Gasteiger partial charge < -0.3 is 21.5 Å². The number of halogens is 1. The van der Waals surface area contributed by atoms with Gasteiger partial charge in [0.25, 0.3) is 0 Å². The van der Waals surface area contributed by atoms with Gasteiger partial charge in [-0.05, 0) is 35.4 Å². The Hall–Kier alpha value is -3.32. The molecular weight excluding hydrogens is 344 g/mol. The lowest BCUT2D eigenvalue weighted by atomic mass is 10.0. The normalized spacial score (nSPS) is 10.8. The highest BCUT2D eigenvalue weighted by Gasteiger charge is 2.13. The van der Waals surface area contributed by atoms with Crippen molar-refractivity contribution in [1.82, 2.24) is 0 Å². The van der Waals surface area contributed by atoms with E-state index in [1.807, 2.05) is 0 Å². The van der Waals surface area contributed by atoms with Gasteiger partial charge in [0.05, 0.1) is 16.3 Å². The van der Waals surface area contributed by atoms with Gasteiger partial charge in [0.1, 0.15) is 0 Å². The monoisotopic (exact) mass is 358 g/mol. The van der Waals surface area contributed by atoms with Crippen LogP contribution >= 0.6 is 11.6 Å². The Kier molecular flexibility index (Phi) is 5.75. The molecule has 0 saturated carbocycles. The number of aliphatic carboxylic acids is 1. The number of hydrogen-bond acceptors (Lipinski definition) is 3. The summed E-state index contributed by atoms with van der Waals surface area (Å²) < 4.78 is 0. The lowest BCUT2D eigenvalue weighted by Crippen LogP contribution is -2.20. The van der Waals surface area contributed by atoms with Gasteiger partial charge >= 0.3 is 5.97 Å². The van der Waals surface area contributed by atoms with Gasteiger partial charge in [-0.15, -0.1) is 0 Å². The van der Waals surface area contributed by atoms with Crippen molar-refractivity contribution in [3.05, 3.63) is 58.6 Å². The maximum Gasteiger partial charge on any atom is 0.336 e. The Balaban J connectivity index is 2.50. The molecule has 2 rings (SSSR count). The molecule has 0 atom stereocenters. The molecule has 25 heavy (non-hydrogen) atoms. The summed E-state index contributed by atoms with van der Waals surface area (Å²) in [5.41, 5.74) is 6.99. The molecule has 7 nitrogen and oxygen atoms in total. The van der Waals surface area contributed by atoms with E-state index in [4.69, 9.17) is 22.7 Å². The van der Waals surface area contributed by atoms with Gasteiger partial charge in [0.15, 0.2) is 5.96 Å². The molecule has 0 fully saturated rings. The summed E-state index contributed by atoms with van der Waals surface area (Å²) >= 11 is 6.21. The van der Waals surface area contributed by atoms with E-state index in [1.54, 1.807) is 42.5 Å². The first-order chi connectivity index (χ1) is 11.9. The average molecular weight is 359 g/mol. The van der Waals surface area contributed by atoms with E-state index < -0.39 is 5.97 Å². The second-order valence-corrected chi connectivity index (χ2v) is 5.33. The highest BCUT2D eigenvalue weighted by molar-refractivity contribution is 6.35. The molecule has 0 aliphatic carbocycles. The number of rotatable bonds is 6. The van der Waals surface area contributed by atoms with Gasteiger partial charge in [-0.25, -0.2) is 4.79 Å². The number of nitrogens with two attached hydrogens (primary N) is 1. The van der Waals surface area contributed by atoms with E-state index in [-0.39, 0.29) is 16.6 Å². The topological polar surface area (TPSA) is 128 Å². The van der Waals surface area contributed by atoms with Crippen molar-refractivity contribution in [3.8, 4) is 0 Å². The lowest BCUT2D eigenvalue weighted by Gasteiger charge is -2.09. The fourth-order valence-electron chi connectivity index (χ4n) is 2.18. The van der Waals surface area contributed by atoms with Gasteiger partial charge in [-0.1, -0.05) is 35.9 Å². The minimum atomic E-state index is -1.15. The van der Waals surface area contributed by atoms with Crippen molar-refractivity contribution in [1.29, 1.82) is 5.41 Å². The second-order valence-electron chi connectivity index (χ2n) is 4.95. The van der Waals surface area contributed by atoms with Crippen LogP contribution in [0.3, 0.4) is 0 Å². The van der Waals surface area contributed by atoms with Crippen LogP contribution in [0.5, 0.6) is 0 Å². The predicted molar refractivity (Wildman–Crippen MR) is 98.6 cm³/mol. The Morgan fingerprint density at radius 2 is 1.96 bits per heavy atom. The Bertz CT molecular complexity index is 865. The van der Waals surface area contributed by atoms with Crippen LogP contribution in [0.4, 0.5) is 11.4 Å². The summed E-state index contributed by atoms with van der Waals surface area (Å²) in [6, 6.07) is 11.4. The molecule has 0 bridgehead atoms. The van der Waals surface area contributed by atoms with Crippen LogP contribution < -0.4 is 16.4 Å². The number of hydrogen-bond donors (Lipinski definition) is 5. The van der Waals surface area contributed by atoms with E-state index in [1.165, 1.54) is 6.08 Å². The molecule has 0 unspecified atom stereocenters. The van der Waals surface area contributed by atoms with Gasteiger partial charge in [-0.2, -0.15) is 0 Å². The van der Waals surface area contributed by atoms with E-state index in [2.05, 4.69) is 10.6 Å². The van der Waals surface area contributed by atoms with Crippen LogP contribution in [-0.4, -0.2) is 23.4 Å². The highest BCUT2D eigenvalue weighted by Crippen LogP contribution is 2.30. The van der Waals surface area contributed by atoms with Crippen molar-refractivity contribution < 1.29 is 14.7 Å². The number of guanidine groups is 1. The third kappa shape index (κ3) is 4.58. The Morgan fingerprint density at radius 1 is 1.24 bits per heavy atom. The fraction of sp³-hybridized carbons (Fsp3) is 0. The number of benzene rings is 2. The van der Waals surface area contributed by atoms with E-state index in [0.717, 1.165) is 0 Å². The molecule has 128 valence electrons. The molecule has 0 aliphatic rings. The molecule has 0 heterocycles. The maximum absolute atomic E-state index is 11.7. The molecule has 2 aromatic carbocycles. The number of nitrogens with one attached hydrogen (secondary N) is 3. The van der Waals surface area contributed by atoms with Gasteiger partial charge in [0.2, 0.25) is 6.41 Å². The zero-order valence-electron chi connectivity index (χ0n) is 12.9. The molecule has 0 radical (unpaired) electrons. The molecular formula is C17H15ClN4O3. The number of carboxylic acids is 1. The highest BCUT2D eigenvalue weighted by atomic mass is 35.5. The quantitative estimate of drug-likeness (QED) is 0.178. The minimum Gasteiger partial charge on any atom is -0.478 e. The van der Waals surface area contributed by atoms with Crippen molar-refractivity contribution in [2.75, 3.05) is 10.6 Å². The summed E-state index contributed by atoms with van der Waals surface area (Å²) in [6.07, 6.45) is 1.90. The molecule has 0 aromatic heterocycles. The predicted octanol–water partition coefficient (Wildman–Crippen LogP) is 2.84. The van der Waals surface area contributed by atoms with Crippen LogP contribution in [0, 0.1) is 5.41 Å². The van der Waals surface area contributed by atoms with E-state index in [0.29, 0.717) is 28.9 Å². The molecule has 6 N–H and O–H groups in total. The largest absolute Gasteiger partial charge is 0.478 e. The van der Waals surface area contributed by atoms with Crippen LogP contribution in [0.15, 0.2) is 42.5 Å². The summed E-state index contributed by atoms with van der Waals surface area (Å²) in [4.78, 5) is 22.3. The molecule has 2 aromatic rings. The Labute approximate surface area is 148 Å². The maximum atomic E-state index is 11.7. The van der Waals surface area contributed by atoms with Crippen LogP contribution in [-0.2, 0) is 9.59 Å².